The quantitative estimate of drug-likeness (QED) is 0.369. The number of nitrogens with one attached hydrogen (secondary N) is 1. The van der Waals surface area contributed by atoms with E-state index in [0.717, 1.165) is 25.0 Å². The van der Waals surface area contributed by atoms with Crippen LogP contribution in [0.2, 0.25) is 0 Å². The van der Waals surface area contributed by atoms with Gasteiger partial charge < -0.3 is 0 Å². The molecule has 4 nitrogen and oxygen atoms in total. The Morgan fingerprint density at radius 1 is 1.36 bits per heavy atom. The minimum atomic E-state index is 0.150. The molecule has 0 amide bonds. The van der Waals surface area contributed by atoms with Crippen LogP contribution in [0.3, 0.4) is 0 Å². The molecule has 0 aromatic heterocycles. The van der Waals surface area contributed by atoms with Crippen LogP contribution >= 0.6 is 0 Å². The Hall–Kier alpha value is -1.06. The fraction of sp³-hybridized carbons (Fsp3) is 0.800. The number of rotatable bonds is 7. The molecule has 0 spiro atoms. The van der Waals surface area contributed by atoms with Gasteiger partial charge in [-0.05, 0) is 32.6 Å². The SMILES string of the molecule is C=N/N=C(\C)[C@H](C)CCCC(C)N=N. The van der Waals surface area contributed by atoms with Gasteiger partial charge in [-0.1, -0.05) is 13.3 Å². The van der Waals surface area contributed by atoms with E-state index in [1.54, 1.807) is 0 Å². The number of hydrogen-bond donors (Lipinski definition) is 1. The van der Waals surface area contributed by atoms with Gasteiger partial charge in [0.05, 0.1) is 6.04 Å². The second-order valence-corrected chi connectivity index (χ2v) is 3.69. The van der Waals surface area contributed by atoms with E-state index >= 15 is 0 Å². The van der Waals surface area contributed by atoms with Gasteiger partial charge in [0.15, 0.2) is 0 Å². The van der Waals surface area contributed by atoms with E-state index < -0.39 is 0 Å². The Kier molecular flexibility index (Phi) is 6.80. The number of nitrogens with zero attached hydrogens (tertiary/aromatic N) is 3. The highest BCUT2D eigenvalue weighted by Crippen LogP contribution is 2.12. The minimum Gasteiger partial charge on any atom is -0.210 e. The molecule has 1 unspecified atom stereocenters. The minimum absolute atomic E-state index is 0.150. The second kappa shape index (κ2) is 7.35. The Balaban J connectivity index is 3.73. The predicted molar refractivity (Wildman–Crippen MR) is 60.3 cm³/mol. The molecule has 0 aliphatic rings. The topological polar surface area (TPSA) is 60.9 Å². The Labute approximate surface area is 86.0 Å². The fourth-order valence-electron chi connectivity index (χ4n) is 1.20. The highest BCUT2D eigenvalue weighted by molar-refractivity contribution is 5.83. The molecular formula is C10H20N4. The maximum atomic E-state index is 6.82. The van der Waals surface area contributed by atoms with Gasteiger partial charge in [0.1, 0.15) is 0 Å². The molecule has 0 aromatic rings. The fourth-order valence-corrected chi connectivity index (χ4v) is 1.20. The van der Waals surface area contributed by atoms with E-state index in [9.17, 15) is 0 Å². The van der Waals surface area contributed by atoms with Crippen LogP contribution in [0.15, 0.2) is 15.3 Å². The average Bonchev–Trinajstić information content (AvgIpc) is 2.17. The lowest BCUT2D eigenvalue weighted by Crippen LogP contribution is -2.07. The summed E-state index contributed by atoms with van der Waals surface area (Å²) < 4.78 is 0. The zero-order valence-electron chi connectivity index (χ0n) is 9.32. The zero-order chi connectivity index (χ0) is 11.0. The van der Waals surface area contributed by atoms with Crippen molar-refractivity contribution < 1.29 is 0 Å². The molecule has 0 bridgehead atoms. The smallest absolute Gasteiger partial charge is 0.0677 e. The van der Waals surface area contributed by atoms with Crippen molar-refractivity contribution >= 4 is 12.4 Å². The Morgan fingerprint density at radius 3 is 2.50 bits per heavy atom. The van der Waals surface area contributed by atoms with Crippen molar-refractivity contribution in [2.24, 2.45) is 21.2 Å². The first-order valence-corrected chi connectivity index (χ1v) is 4.98. The van der Waals surface area contributed by atoms with Crippen LogP contribution in [-0.4, -0.2) is 18.5 Å². The van der Waals surface area contributed by atoms with E-state index in [2.05, 4.69) is 29.0 Å². The molecule has 0 saturated carbocycles. The molecule has 0 radical (unpaired) electrons. The van der Waals surface area contributed by atoms with Gasteiger partial charge in [0, 0.05) is 12.4 Å². The van der Waals surface area contributed by atoms with E-state index in [4.69, 9.17) is 5.53 Å². The highest BCUT2D eigenvalue weighted by atomic mass is 15.2. The molecule has 4 heteroatoms. The Morgan fingerprint density at radius 2 is 2.00 bits per heavy atom. The predicted octanol–water partition coefficient (Wildman–Crippen LogP) is 3.29. The van der Waals surface area contributed by atoms with Crippen LogP contribution < -0.4 is 0 Å². The molecule has 0 saturated heterocycles. The lowest BCUT2D eigenvalue weighted by Gasteiger charge is -2.10. The van der Waals surface area contributed by atoms with Crippen molar-refractivity contribution in [3.8, 4) is 0 Å². The van der Waals surface area contributed by atoms with Gasteiger partial charge in [0.2, 0.25) is 0 Å². The summed E-state index contributed by atoms with van der Waals surface area (Å²) in [5.41, 5.74) is 7.85. The van der Waals surface area contributed by atoms with E-state index in [1.807, 2.05) is 13.8 Å². The van der Waals surface area contributed by atoms with Crippen LogP contribution in [0.25, 0.3) is 0 Å². The summed E-state index contributed by atoms with van der Waals surface area (Å²) in [6.07, 6.45) is 3.13. The monoisotopic (exact) mass is 196 g/mol. The summed E-state index contributed by atoms with van der Waals surface area (Å²) in [6.45, 7) is 9.39. The van der Waals surface area contributed by atoms with Gasteiger partial charge in [-0.15, -0.1) is 0 Å². The van der Waals surface area contributed by atoms with Crippen molar-refractivity contribution in [3.05, 3.63) is 0 Å². The van der Waals surface area contributed by atoms with Gasteiger partial charge in [0.25, 0.3) is 0 Å². The van der Waals surface area contributed by atoms with Crippen molar-refractivity contribution in [2.75, 3.05) is 0 Å². The molecule has 14 heavy (non-hydrogen) atoms. The largest absolute Gasteiger partial charge is 0.210 e. The summed E-state index contributed by atoms with van der Waals surface area (Å²) in [6, 6.07) is 0.150. The standard InChI is InChI=1S/C10H20N4/c1-8(10(3)14-12-4)6-5-7-9(2)13-11/h8-9,11H,4-7H2,1-3H3/b13-11?,14-10+/t8-,9?/m1/s1. The Bertz CT molecular complexity index is 210. The molecule has 0 aliphatic heterocycles. The third-order valence-electron chi connectivity index (χ3n) is 2.42. The van der Waals surface area contributed by atoms with Gasteiger partial charge in [-0.2, -0.15) is 15.3 Å². The van der Waals surface area contributed by atoms with Crippen molar-refractivity contribution in [2.45, 2.75) is 46.1 Å². The lowest BCUT2D eigenvalue weighted by molar-refractivity contribution is 0.538. The first-order valence-electron chi connectivity index (χ1n) is 4.98. The van der Waals surface area contributed by atoms with Crippen LogP contribution in [0.4, 0.5) is 0 Å². The summed E-state index contributed by atoms with van der Waals surface area (Å²) >= 11 is 0. The number of hydrogen-bond acceptors (Lipinski definition) is 4. The highest BCUT2D eigenvalue weighted by Gasteiger charge is 2.06. The molecule has 0 aliphatic carbocycles. The van der Waals surface area contributed by atoms with Crippen molar-refractivity contribution in [1.29, 1.82) is 5.53 Å². The molecular weight excluding hydrogens is 176 g/mol. The summed E-state index contributed by atoms with van der Waals surface area (Å²) in [4.78, 5) is 0. The third-order valence-corrected chi connectivity index (χ3v) is 2.42. The lowest BCUT2D eigenvalue weighted by atomic mass is 9.98. The van der Waals surface area contributed by atoms with E-state index in [1.165, 1.54) is 0 Å². The molecule has 80 valence electrons. The second-order valence-electron chi connectivity index (χ2n) is 3.69. The summed E-state index contributed by atoms with van der Waals surface area (Å²) in [7, 11) is 0. The molecule has 0 rings (SSSR count). The van der Waals surface area contributed by atoms with Gasteiger partial charge >= 0.3 is 0 Å². The van der Waals surface area contributed by atoms with Crippen LogP contribution in [0, 0.1) is 11.4 Å². The van der Waals surface area contributed by atoms with Crippen molar-refractivity contribution in [1.82, 2.24) is 0 Å². The molecule has 2 atom stereocenters. The average molecular weight is 196 g/mol. The van der Waals surface area contributed by atoms with Crippen LogP contribution in [-0.2, 0) is 0 Å². The molecule has 0 aromatic carbocycles. The third kappa shape index (κ3) is 5.56. The summed E-state index contributed by atoms with van der Waals surface area (Å²) in [5, 5.41) is 10.9. The van der Waals surface area contributed by atoms with Crippen LogP contribution in [0.5, 0.6) is 0 Å². The maximum absolute atomic E-state index is 6.82. The normalized spacial score (nSPS) is 16.1. The molecule has 0 fully saturated rings. The zero-order valence-corrected chi connectivity index (χ0v) is 9.32. The molecule has 1 N–H and O–H groups in total. The van der Waals surface area contributed by atoms with Crippen molar-refractivity contribution in [3.63, 3.8) is 0 Å². The first kappa shape index (κ1) is 12.9. The molecule has 0 heterocycles. The van der Waals surface area contributed by atoms with Crippen LogP contribution in [0.1, 0.15) is 40.0 Å². The van der Waals surface area contributed by atoms with E-state index in [0.29, 0.717) is 5.92 Å². The van der Waals surface area contributed by atoms with Gasteiger partial charge in [-0.25, -0.2) is 5.53 Å². The maximum Gasteiger partial charge on any atom is 0.0677 e. The summed E-state index contributed by atoms with van der Waals surface area (Å²) in [5.74, 6) is 0.443. The van der Waals surface area contributed by atoms with E-state index in [-0.39, 0.29) is 6.04 Å². The first-order chi connectivity index (χ1) is 6.61. The van der Waals surface area contributed by atoms with Gasteiger partial charge in [-0.3, -0.25) is 0 Å².